The van der Waals surface area contributed by atoms with Crippen molar-refractivity contribution >= 4 is 22.8 Å². The van der Waals surface area contributed by atoms with Crippen LogP contribution in [-0.4, -0.2) is 45.1 Å². The number of ether oxygens (including phenoxy) is 1. The van der Waals surface area contributed by atoms with Gasteiger partial charge in [-0.3, -0.25) is 9.59 Å². The van der Waals surface area contributed by atoms with Gasteiger partial charge in [-0.1, -0.05) is 26.0 Å². The van der Waals surface area contributed by atoms with Crippen LogP contribution in [0.5, 0.6) is 5.75 Å². The van der Waals surface area contributed by atoms with E-state index in [1.54, 1.807) is 37.3 Å². The van der Waals surface area contributed by atoms with E-state index in [1.165, 1.54) is 19.2 Å². The maximum absolute atomic E-state index is 12.9. The average Bonchev–Trinajstić information content (AvgIpc) is 3.26. The van der Waals surface area contributed by atoms with Crippen molar-refractivity contribution in [3.8, 4) is 16.9 Å². The SMILES string of the molecule is CNC(=O)c1c(C/C=C(\C)CF)oc2ccc(-c3cc(C(=O)NCC(C)C)ccc3OCC(F)F)cc12. The molecule has 0 aliphatic rings. The number of carbonyl (C=O) groups is 2. The molecule has 1 aromatic heterocycles. The molecule has 3 aromatic rings. The van der Waals surface area contributed by atoms with Gasteiger partial charge < -0.3 is 19.8 Å². The largest absolute Gasteiger partial charge is 0.487 e. The van der Waals surface area contributed by atoms with Crippen molar-refractivity contribution in [3.05, 3.63) is 64.9 Å². The number of rotatable bonds is 11. The quantitative estimate of drug-likeness (QED) is 0.309. The minimum Gasteiger partial charge on any atom is -0.487 e. The summed E-state index contributed by atoms with van der Waals surface area (Å²) in [6, 6.07) is 9.63. The summed E-state index contributed by atoms with van der Waals surface area (Å²) < 4.78 is 50.0. The summed E-state index contributed by atoms with van der Waals surface area (Å²) in [5.74, 6) is 0.111. The minimum absolute atomic E-state index is 0.173. The highest BCUT2D eigenvalue weighted by atomic mass is 19.3. The average molecular weight is 517 g/mol. The third-order valence-electron chi connectivity index (χ3n) is 5.65. The van der Waals surface area contributed by atoms with Gasteiger partial charge in [-0.25, -0.2) is 13.2 Å². The molecule has 0 aliphatic heterocycles. The van der Waals surface area contributed by atoms with Crippen molar-refractivity contribution < 1.29 is 31.9 Å². The Kier molecular flexibility index (Phi) is 9.38. The molecule has 0 atom stereocenters. The molecule has 0 spiro atoms. The maximum Gasteiger partial charge on any atom is 0.272 e. The fraction of sp³-hybridized carbons (Fsp3) is 0.357. The van der Waals surface area contributed by atoms with E-state index in [2.05, 4.69) is 10.6 Å². The number of fused-ring (bicyclic) bond motifs is 1. The molecule has 6 nitrogen and oxygen atoms in total. The first-order chi connectivity index (χ1) is 17.6. The lowest BCUT2D eigenvalue weighted by molar-refractivity contribution is 0.0821. The molecule has 37 heavy (non-hydrogen) atoms. The lowest BCUT2D eigenvalue weighted by atomic mass is 9.98. The first kappa shape index (κ1) is 27.8. The molecule has 2 aromatic carbocycles. The normalized spacial score (nSPS) is 11.9. The number of allylic oxidation sites excluding steroid dienone is 2. The highest BCUT2D eigenvalue weighted by molar-refractivity contribution is 6.08. The van der Waals surface area contributed by atoms with Gasteiger partial charge in [0.1, 0.15) is 30.4 Å². The number of nitrogens with one attached hydrogen (secondary N) is 2. The van der Waals surface area contributed by atoms with Gasteiger partial charge in [0, 0.05) is 36.5 Å². The van der Waals surface area contributed by atoms with Crippen molar-refractivity contribution in [1.29, 1.82) is 0 Å². The van der Waals surface area contributed by atoms with Gasteiger partial charge in [-0.05, 0) is 54.3 Å². The molecule has 1 heterocycles. The fourth-order valence-corrected chi connectivity index (χ4v) is 3.73. The Bertz CT molecular complexity index is 1300. The molecular weight excluding hydrogens is 485 g/mol. The van der Waals surface area contributed by atoms with Crippen LogP contribution in [0.3, 0.4) is 0 Å². The van der Waals surface area contributed by atoms with E-state index in [4.69, 9.17) is 9.15 Å². The Balaban J connectivity index is 2.13. The topological polar surface area (TPSA) is 80.6 Å². The van der Waals surface area contributed by atoms with Crippen LogP contribution in [0.25, 0.3) is 22.1 Å². The predicted molar refractivity (Wildman–Crippen MR) is 137 cm³/mol. The van der Waals surface area contributed by atoms with Crippen LogP contribution in [0.15, 0.2) is 52.5 Å². The zero-order valence-electron chi connectivity index (χ0n) is 21.3. The Morgan fingerprint density at radius 2 is 1.86 bits per heavy atom. The number of amides is 2. The van der Waals surface area contributed by atoms with Crippen LogP contribution in [0, 0.1) is 5.92 Å². The maximum atomic E-state index is 12.9. The van der Waals surface area contributed by atoms with Crippen LogP contribution in [-0.2, 0) is 6.42 Å². The van der Waals surface area contributed by atoms with Crippen LogP contribution in [0.2, 0.25) is 0 Å². The molecule has 0 fully saturated rings. The van der Waals surface area contributed by atoms with E-state index in [1.807, 2.05) is 13.8 Å². The number of alkyl halides is 3. The van der Waals surface area contributed by atoms with E-state index >= 15 is 0 Å². The summed E-state index contributed by atoms with van der Waals surface area (Å²) in [5.41, 5.74) is 2.54. The lowest BCUT2D eigenvalue weighted by Gasteiger charge is -2.14. The third kappa shape index (κ3) is 6.93. The van der Waals surface area contributed by atoms with Gasteiger partial charge in [0.25, 0.3) is 18.2 Å². The molecule has 0 aliphatic carbocycles. The van der Waals surface area contributed by atoms with Crippen LogP contribution >= 0.6 is 0 Å². The number of halogens is 3. The van der Waals surface area contributed by atoms with Gasteiger partial charge >= 0.3 is 0 Å². The van der Waals surface area contributed by atoms with Crippen molar-refractivity contribution in [2.45, 2.75) is 33.6 Å². The smallest absolute Gasteiger partial charge is 0.272 e. The summed E-state index contributed by atoms with van der Waals surface area (Å²) >= 11 is 0. The molecule has 2 N–H and O–H groups in total. The summed E-state index contributed by atoms with van der Waals surface area (Å²) in [5, 5.41) is 5.93. The number of hydrogen-bond donors (Lipinski definition) is 2. The zero-order chi connectivity index (χ0) is 27.1. The standard InChI is InChI=1S/C28H31F3N2O4/c1-16(2)14-33-27(34)19-7-9-22(36-15-25(30)31)20(12-19)18-6-10-23-21(11-18)26(28(35)32-4)24(37-23)8-5-17(3)13-29/h5-7,9-12,16,25H,8,13-15H2,1-4H3,(H,32,35)(H,33,34)/b17-5+. The van der Waals surface area contributed by atoms with Crippen molar-refractivity contribution in [2.75, 3.05) is 26.9 Å². The Morgan fingerprint density at radius 1 is 1.11 bits per heavy atom. The highest BCUT2D eigenvalue weighted by Gasteiger charge is 2.21. The van der Waals surface area contributed by atoms with Gasteiger partial charge in [0.05, 0.1) is 5.56 Å². The van der Waals surface area contributed by atoms with Crippen molar-refractivity contribution in [1.82, 2.24) is 10.6 Å². The monoisotopic (exact) mass is 516 g/mol. The second-order valence-corrected chi connectivity index (χ2v) is 9.10. The predicted octanol–water partition coefficient (Wildman–Crippen LogP) is 5.95. The molecule has 9 heteroatoms. The van der Waals surface area contributed by atoms with E-state index in [-0.39, 0.29) is 29.9 Å². The summed E-state index contributed by atoms with van der Waals surface area (Å²) in [6.45, 7) is 4.65. The third-order valence-corrected chi connectivity index (χ3v) is 5.65. The van der Waals surface area contributed by atoms with Crippen molar-refractivity contribution in [2.24, 2.45) is 5.92 Å². The Labute approximate surface area is 213 Å². The second-order valence-electron chi connectivity index (χ2n) is 9.10. The van der Waals surface area contributed by atoms with E-state index in [9.17, 15) is 22.8 Å². The Morgan fingerprint density at radius 3 is 2.51 bits per heavy atom. The summed E-state index contributed by atoms with van der Waals surface area (Å²) in [4.78, 5) is 25.4. The molecule has 2 amide bonds. The van der Waals surface area contributed by atoms with E-state index in [0.29, 0.717) is 51.1 Å². The number of furan rings is 1. The van der Waals surface area contributed by atoms with Gasteiger partial charge in [-0.15, -0.1) is 0 Å². The van der Waals surface area contributed by atoms with Crippen LogP contribution < -0.4 is 15.4 Å². The molecule has 0 unspecified atom stereocenters. The number of carbonyl (C=O) groups excluding carboxylic acids is 2. The van der Waals surface area contributed by atoms with Crippen LogP contribution in [0.4, 0.5) is 13.2 Å². The molecule has 0 saturated heterocycles. The van der Waals surface area contributed by atoms with Gasteiger partial charge in [-0.2, -0.15) is 0 Å². The number of benzene rings is 2. The Hall–Kier alpha value is -3.75. The van der Waals surface area contributed by atoms with Crippen LogP contribution in [0.1, 0.15) is 47.2 Å². The zero-order valence-corrected chi connectivity index (χ0v) is 21.3. The van der Waals surface area contributed by atoms with E-state index in [0.717, 1.165) is 0 Å². The minimum atomic E-state index is -2.68. The molecule has 198 valence electrons. The van der Waals surface area contributed by atoms with E-state index < -0.39 is 19.7 Å². The molecule has 0 bridgehead atoms. The first-order valence-corrected chi connectivity index (χ1v) is 12.0. The highest BCUT2D eigenvalue weighted by Crippen LogP contribution is 2.36. The first-order valence-electron chi connectivity index (χ1n) is 12.0. The van der Waals surface area contributed by atoms with Crippen molar-refractivity contribution in [3.63, 3.8) is 0 Å². The van der Waals surface area contributed by atoms with Gasteiger partial charge in [0.2, 0.25) is 0 Å². The molecule has 0 saturated carbocycles. The summed E-state index contributed by atoms with van der Waals surface area (Å²) in [6.07, 6.45) is -0.807. The number of hydrogen-bond acceptors (Lipinski definition) is 4. The molecule has 0 radical (unpaired) electrons. The second kappa shape index (κ2) is 12.5. The summed E-state index contributed by atoms with van der Waals surface area (Å²) in [7, 11) is 1.49. The fourth-order valence-electron chi connectivity index (χ4n) is 3.73. The van der Waals surface area contributed by atoms with Gasteiger partial charge in [0.15, 0.2) is 0 Å². The molecule has 3 rings (SSSR count). The lowest BCUT2D eigenvalue weighted by Crippen LogP contribution is -2.27. The molecular formula is C28H31F3N2O4.